The fraction of sp³-hybridized carbons (Fsp3) is 0.590. The molecule has 0 bridgehead atoms. The zero-order chi connectivity index (χ0) is 81.8. The van der Waals surface area contributed by atoms with Crippen molar-refractivity contribution in [1.82, 2.24) is 0 Å². The first kappa shape index (κ1) is 91.1. The van der Waals surface area contributed by atoms with E-state index in [-0.39, 0.29) is 1.43 Å². The Bertz CT molecular complexity index is 3950. The Morgan fingerprint density at radius 2 is 0.504 bits per heavy atom. The van der Waals surface area contributed by atoms with Gasteiger partial charge in [-0.2, -0.15) is 0 Å². The third-order valence-electron chi connectivity index (χ3n) is 31.0. The van der Waals surface area contributed by atoms with E-state index in [0.29, 0.717) is 0 Å². The van der Waals surface area contributed by atoms with Crippen LogP contribution in [0.1, 0.15) is 405 Å². The zero-order valence-electron chi connectivity index (χ0n) is 75.8. The number of benzene rings is 7. The minimum absolute atomic E-state index is 0. The van der Waals surface area contributed by atoms with Crippen molar-refractivity contribution in [2.45, 2.75) is 374 Å². The van der Waals surface area contributed by atoms with Crippen molar-refractivity contribution < 1.29 is 1.43 Å². The van der Waals surface area contributed by atoms with Gasteiger partial charge in [0.2, 0.25) is 0 Å². The first-order valence-electron chi connectivity index (χ1n) is 49.6. The summed E-state index contributed by atoms with van der Waals surface area (Å²) in [6.45, 7) is 24.0. The topological polar surface area (TPSA) is 0 Å². The minimum Gasteiger partial charge on any atom is -0.103 e. The van der Waals surface area contributed by atoms with E-state index in [9.17, 15) is 0 Å². The molecule has 0 nitrogen and oxygen atoms in total. The van der Waals surface area contributed by atoms with Crippen molar-refractivity contribution in [3.63, 3.8) is 0 Å². The largest absolute Gasteiger partial charge is 0.103 e. The molecule has 0 spiro atoms. The maximum Gasteiger partial charge on any atom is 0.0255 e. The molecular weight excluding hydrogens is 1410 g/mol. The van der Waals surface area contributed by atoms with Crippen LogP contribution >= 0.6 is 0 Å². The van der Waals surface area contributed by atoms with Crippen LogP contribution in [0.2, 0.25) is 0 Å². The predicted octanol–water partition coefficient (Wildman–Crippen LogP) is 35.1. The third-order valence-corrected chi connectivity index (χ3v) is 31.0. The molecule has 8 fully saturated rings. The van der Waals surface area contributed by atoms with Gasteiger partial charge in [-0.15, -0.1) is 6.58 Å². The second-order valence-corrected chi connectivity index (χ2v) is 39.1. The van der Waals surface area contributed by atoms with Crippen LogP contribution in [0.25, 0.3) is 22.3 Å². The van der Waals surface area contributed by atoms with Crippen LogP contribution in [0.3, 0.4) is 0 Å². The Morgan fingerprint density at radius 3 is 0.778 bits per heavy atom. The number of allylic oxidation sites excluding steroid dienone is 1. The van der Waals surface area contributed by atoms with Gasteiger partial charge in [0.1, 0.15) is 0 Å². The lowest BCUT2D eigenvalue weighted by atomic mass is 9.68. The van der Waals surface area contributed by atoms with Gasteiger partial charge >= 0.3 is 0 Å². The van der Waals surface area contributed by atoms with E-state index in [1.807, 2.05) is 0 Å². The van der Waals surface area contributed by atoms with Crippen LogP contribution in [0.4, 0.5) is 0 Å². The van der Waals surface area contributed by atoms with Gasteiger partial charge in [0.25, 0.3) is 0 Å². The highest BCUT2D eigenvalue weighted by Gasteiger charge is 2.35. The molecule has 0 unspecified atom stereocenters. The molecule has 15 rings (SSSR count). The fourth-order valence-corrected chi connectivity index (χ4v) is 23.6. The van der Waals surface area contributed by atoms with Crippen molar-refractivity contribution in [3.05, 3.63) is 238 Å². The molecule has 632 valence electrons. The van der Waals surface area contributed by atoms with Crippen LogP contribution < -0.4 is 0 Å². The molecule has 7 aromatic rings. The van der Waals surface area contributed by atoms with Crippen LogP contribution in [0, 0.1) is 103 Å². The fourth-order valence-electron chi connectivity index (χ4n) is 23.6. The Balaban J connectivity index is 0.000000155. The van der Waals surface area contributed by atoms with Crippen molar-refractivity contribution in [3.8, 4) is 45.9 Å². The second kappa shape index (κ2) is 50.0. The van der Waals surface area contributed by atoms with E-state index in [1.54, 1.807) is 29.2 Å². The molecule has 7 aromatic carbocycles. The zero-order valence-corrected chi connectivity index (χ0v) is 75.8. The standard InChI is InChI=1S/C26H28.C24H38.C23H34.C22H34.C22H28.H2/c1-3-5-6-8-22-11-15-24(16-12-22)26-19-17-25(18-20-26)23-13-9-21(7-4-2)10-14-23;1-3-5-19-7-11-21(12-8-19)23-15-17-24(18-16-23)22-13-9-20(6-4-2)10-14-22;1-3-5-19-8-12-21(13-9-19)23-16-14-22(15-17-23)20-10-6-18(4-2)7-11-20;2*1-3-4-18-7-11-20(12-8-18)22-15-13-21(14-16-22)19-9-5-17(2)6-10-19;/h11-12,15-21,23H,4,7,9-10,13-14H2,1-2H3;7-8,11-12,20,22-24H,3-6,9-10,13-18H2,1-2H3;4,8-9,12-13,18,20,22-23H,2-3,5-7,10-11,14-17H2,1H3;5-6,9-10,18,20-22H,3-4,7-8,11-16H2,1-2H3;5-6,9-10,13-16,18,20H,3-4,7-8,11-12H2,1-2H3;1H. The van der Waals surface area contributed by atoms with Crippen LogP contribution in [0.5, 0.6) is 0 Å². The first-order chi connectivity index (χ1) is 57.4. The Kier molecular flexibility index (Phi) is 38.9. The summed E-state index contributed by atoms with van der Waals surface area (Å²) >= 11 is 0. The molecule has 8 saturated carbocycles. The second-order valence-electron chi connectivity index (χ2n) is 39.1. The summed E-state index contributed by atoms with van der Waals surface area (Å²) in [7, 11) is 0. The van der Waals surface area contributed by atoms with Gasteiger partial charge < -0.3 is 0 Å². The summed E-state index contributed by atoms with van der Waals surface area (Å²) in [5.41, 5.74) is 19.8. The van der Waals surface area contributed by atoms with Gasteiger partial charge in [-0.05, 0) is 393 Å². The lowest BCUT2D eigenvalue weighted by molar-refractivity contribution is 0.156. The first-order valence-corrected chi connectivity index (χ1v) is 49.6. The molecule has 0 atom stereocenters. The quantitative estimate of drug-likeness (QED) is 0.0442. The molecular formula is C117H164. The Hall–Kier alpha value is -6.60. The molecule has 0 radical (unpaired) electrons. The lowest BCUT2D eigenvalue weighted by Crippen LogP contribution is -2.25. The highest BCUT2D eigenvalue weighted by atomic mass is 14.4. The van der Waals surface area contributed by atoms with E-state index >= 15 is 0 Å². The predicted molar refractivity (Wildman–Crippen MR) is 513 cm³/mol. The summed E-state index contributed by atoms with van der Waals surface area (Å²) < 4.78 is 0. The average Bonchev–Trinajstić information content (AvgIpc) is 0.840. The maximum absolute atomic E-state index is 3.98. The summed E-state index contributed by atoms with van der Waals surface area (Å²) in [5, 5.41) is 0. The van der Waals surface area contributed by atoms with Gasteiger partial charge in [0, 0.05) is 6.99 Å². The number of hydrogen-bond acceptors (Lipinski definition) is 0. The van der Waals surface area contributed by atoms with Crippen LogP contribution in [-0.4, -0.2) is 0 Å². The Labute approximate surface area is 720 Å². The summed E-state index contributed by atoms with van der Waals surface area (Å²) in [5.74, 6) is 26.7. The highest BCUT2D eigenvalue weighted by molar-refractivity contribution is 5.65. The minimum atomic E-state index is 0. The van der Waals surface area contributed by atoms with E-state index in [2.05, 4.69) is 262 Å². The monoisotopic (exact) mass is 1570 g/mol. The van der Waals surface area contributed by atoms with Crippen molar-refractivity contribution in [1.29, 1.82) is 0 Å². The number of hydrogen-bond donors (Lipinski definition) is 0. The molecule has 0 aliphatic heterocycles. The summed E-state index contributed by atoms with van der Waals surface area (Å²) in [6, 6.07) is 64.3. The summed E-state index contributed by atoms with van der Waals surface area (Å²) in [4.78, 5) is 0. The molecule has 8 aliphatic rings. The molecule has 0 aromatic heterocycles. The third kappa shape index (κ3) is 29.1. The number of rotatable bonds is 23. The molecule has 0 heterocycles. The van der Waals surface area contributed by atoms with Crippen LogP contribution in [-0.2, 0) is 12.8 Å². The molecule has 0 amide bonds. The van der Waals surface area contributed by atoms with E-state index in [1.165, 1.54) is 333 Å². The molecule has 0 saturated heterocycles. The SMILES string of the molecule is C=CC1CCC(C2CCC(c3ccc(CCC)cc3)CC2)CC1.CC#CC#Cc1ccc(-c2ccc(C3CCC(CCC)CC3)cc2)cc1.CCCC1CCC(C2CCC(c3ccc(C)cc3)CC2)CC1.CCCC1CCC(c2ccc(-c3ccc(C)cc3)cc2)CC1.CCCc1ccc(C2CCC(C3CCC(CCC)CC3)CC2)cc1.[HH]. The van der Waals surface area contributed by atoms with Crippen molar-refractivity contribution >= 4 is 0 Å². The Morgan fingerprint density at radius 1 is 0.274 bits per heavy atom. The van der Waals surface area contributed by atoms with Crippen LogP contribution in [0.15, 0.2) is 183 Å². The molecule has 117 heavy (non-hydrogen) atoms. The van der Waals surface area contributed by atoms with Gasteiger partial charge in [-0.3, -0.25) is 0 Å². The van der Waals surface area contributed by atoms with Gasteiger partial charge in [0.05, 0.1) is 0 Å². The van der Waals surface area contributed by atoms with Gasteiger partial charge in [-0.1, -0.05) is 318 Å². The lowest BCUT2D eigenvalue weighted by Gasteiger charge is -2.38. The van der Waals surface area contributed by atoms with E-state index in [4.69, 9.17) is 0 Å². The molecule has 8 aliphatic carbocycles. The average molecular weight is 1570 g/mol. The van der Waals surface area contributed by atoms with Gasteiger partial charge in [-0.25, -0.2) is 0 Å². The number of aryl methyl sites for hydroxylation is 4. The maximum atomic E-state index is 3.98. The van der Waals surface area contributed by atoms with Crippen molar-refractivity contribution in [2.24, 2.45) is 65.1 Å². The molecule has 0 N–H and O–H groups in total. The van der Waals surface area contributed by atoms with Crippen molar-refractivity contribution in [2.75, 3.05) is 0 Å². The van der Waals surface area contributed by atoms with E-state index < -0.39 is 0 Å². The summed E-state index contributed by atoms with van der Waals surface area (Å²) in [6.07, 6.45) is 64.9. The highest BCUT2D eigenvalue weighted by Crippen LogP contribution is 2.49. The van der Waals surface area contributed by atoms with E-state index in [0.717, 1.165) is 100 Å². The smallest absolute Gasteiger partial charge is 0.0255 e. The normalized spacial score (nSPS) is 27.1. The van der Waals surface area contributed by atoms with Gasteiger partial charge in [0.15, 0.2) is 0 Å². The molecule has 0 heteroatoms.